The molecule has 3 aromatic carbocycles. The first-order valence-electron chi connectivity index (χ1n) is 11.7. The molecule has 6 heteroatoms. The highest BCUT2D eigenvalue weighted by atomic mass is 16.5. The molecule has 34 heavy (non-hydrogen) atoms. The molecule has 1 saturated heterocycles. The second-order valence-corrected chi connectivity index (χ2v) is 8.41. The lowest BCUT2D eigenvalue weighted by Crippen LogP contribution is -2.41. The Balaban J connectivity index is 1.40. The zero-order chi connectivity index (χ0) is 23.6. The van der Waals surface area contributed by atoms with Gasteiger partial charge in [0.1, 0.15) is 11.5 Å². The fourth-order valence-electron chi connectivity index (χ4n) is 3.99. The molecule has 0 spiro atoms. The van der Waals surface area contributed by atoms with Gasteiger partial charge in [-0.15, -0.1) is 0 Å². The van der Waals surface area contributed by atoms with E-state index in [0.29, 0.717) is 5.56 Å². The number of ether oxygens (including phenoxy) is 3. The molecule has 1 aliphatic rings. The SMILES string of the molecule is COC(=O)c1ccc(CN(CCN2CCOCC2)Cc2ccc(Oc3ccccc3)cc2)cc1. The molecule has 0 saturated carbocycles. The normalized spacial score (nSPS) is 14.2. The number of carbonyl (C=O) groups excluding carboxylic acids is 1. The van der Waals surface area contributed by atoms with Crippen LogP contribution in [0.4, 0.5) is 0 Å². The number of para-hydroxylation sites is 1. The number of morpholine rings is 1. The van der Waals surface area contributed by atoms with Crippen molar-refractivity contribution in [1.82, 2.24) is 9.80 Å². The summed E-state index contributed by atoms with van der Waals surface area (Å²) >= 11 is 0. The second kappa shape index (κ2) is 12.3. The van der Waals surface area contributed by atoms with Crippen LogP contribution in [0.1, 0.15) is 21.5 Å². The van der Waals surface area contributed by atoms with E-state index in [4.69, 9.17) is 14.2 Å². The minimum Gasteiger partial charge on any atom is -0.465 e. The summed E-state index contributed by atoms with van der Waals surface area (Å²) in [4.78, 5) is 16.6. The van der Waals surface area contributed by atoms with Crippen molar-refractivity contribution >= 4 is 5.97 Å². The first kappa shape index (κ1) is 24.0. The lowest BCUT2D eigenvalue weighted by atomic mass is 10.1. The lowest BCUT2D eigenvalue weighted by Gasteiger charge is -2.30. The van der Waals surface area contributed by atoms with Crippen molar-refractivity contribution in [1.29, 1.82) is 0 Å². The number of rotatable bonds is 10. The van der Waals surface area contributed by atoms with Gasteiger partial charge in [-0.2, -0.15) is 0 Å². The molecular weight excluding hydrogens is 428 g/mol. The van der Waals surface area contributed by atoms with Crippen LogP contribution in [-0.2, 0) is 22.6 Å². The summed E-state index contributed by atoms with van der Waals surface area (Å²) in [6.07, 6.45) is 0. The van der Waals surface area contributed by atoms with Crippen LogP contribution in [0.3, 0.4) is 0 Å². The number of nitrogens with zero attached hydrogens (tertiary/aromatic N) is 2. The monoisotopic (exact) mass is 460 g/mol. The van der Waals surface area contributed by atoms with Crippen molar-refractivity contribution < 1.29 is 19.0 Å². The minimum absolute atomic E-state index is 0.312. The fraction of sp³-hybridized carbons (Fsp3) is 0.321. The molecule has 0 aromatic heterocycles. The maximum Gasteiger partial charge on any atom is 0.337 e. The second-order valence-electron chi connectivity index (χ2n) is 8.41. The van der Waals surface area contributed by atoms with Crippen LogP contribution < -0.4 is 4.74 Å². The van der Waals surface area contributed by atoms with Crippen LogP contribution in [0.15, 0.2) is 78.9 Å². The van der Waals surface area contributed by atoms with E-state index in [1.165, 1.54) is 18.2 Å². The minimum atomic E-state index is -0.312. The van der Waals surface area contributed by atoms with Crippen LogP contribution in [0.2, 0.25) is 0 Å². The Kier molecular flexibility index (Phi) is 8.68. The van der Waals surface area contributed by atoms with Gasteiger partial charge in [-0.1, -0.05) is 42.5 Å². The topological polar surface area (TPSA) is 51.2 Å². The smallest absolute Gasteiger partial charge is 0.337 e. The Bertz CT molecular complexity index is 1020. The van der Waals surface area contributed by atoms with Crippen molar-refractivity contribution in [2.24, 2.45) is 0 Å². The summed E-state index contributed by atoms with van der Waals surface area (Å²) in [6, 6.07) is 25.8. The Morgan fingerprint density at radius 2 is 1.44 bits per heavy atom. The number of benzene rings is 3. The number of hydrogen-bond donors (Lipinski definition) is 0. The Morgan fingerprint density at radius 1 is 0.853 bits per heavy atom. The zero-order valence-corrected chi connectivity index (χ0v) is 19.7. The summed E-state index contributed by atoms with van der Waals surface area (Å²) in [7, 11) is 1.40. The molecule has 0 aliphatic carbocycles. The van der Waals surface area contributed by atoms with Crippen LogP contribution in [0.5, 0.6) is 11.5 Å². The van der Waals surface area contributed by atoms with Crippen molar-refractivity contribution in [3.63, 3.8) is 0 Å². The van der Waals surface area contributed by atoms with E-state index in [1.807, 2.05) is 66.7 Å². The maximum atomic E-state index is 11.7. The van der Waals surface area contributed by atoms with Gasteiger partial charge in [0.15, 0.2) is 0 Å². The van der Waals surface area contributed by atoms with Gasteiger partial charge in [0.2, 0.25) is 0 Å². The molecule has 178 valence electrons. The van der Waals surface area contributed by atoms with Gasteiger partial charge in [0.05, 0.1) is 25.9 Å². The highest BCUT2D eigenvalue weighted by Gasteiger charge is 2.14. The molecule has 1 heterocycles. The highest BCUT2D eigenvalue weighted by Crippen LogP contribution is 2.22. The third kappa shape index (κ3) is 7.15. The van der Waals surface area contributed by atoms with Gasteiger partial charge in [-0.3, -0.25) is 9.80 Å². The average Bonchev–Trinajstić information content (AvgIpc) is 2.89. The van der Waals surface area contributed by atoms with Crippen molar-refractivity contribution in [3.8, 4) is 11.5 Å². The van der Waals surface area contributed by atoms with E-state index in [1.54, 1.807) is 0 Å². The third-order valence-electron chi connectivity index (χ3n) is 5.93. The van der Waals surface area contributed by atoms with E-state index in [9.17, 15) is 4.79 Å². The maximum absolute atomic E-state index is 11.7. The van der Waals surface area contributed by atoms with Gasteiger partial charge in [-0.05, 0) is 47.5 Å². The molecule has 1 fully saturated rings. The van der Waals surface area contributed by atoms with Gasteiger partial charge in [0, 0.05) is 39.3 Å². The summed E-state index contributed by atoms with van der Waals surface area (Å²) in [5.41, 5.74) is 2.97. The summed E-state index contributed by atoms with van der Waals surface area (Å²) in [5, 5.41) is 0. The molecule has 0 amide bonds. The summed E-state index contributed by atoms with van der Waals surface area (Å²) in [6.45, 7) is 7.14. The molecule has 1 aliphatic heterocycles. The number of carbonyl (C=O) groups is 1. The molecular formula is C28H32N2O4. The standard InChI is InChI=1S/C28H32N2O4/c1-32-28(31)25-11-7-23(8-12-25)21-30(16-15-29-17-19-33-20-18-29)22-24-9-13-27(14-10-24)34-26-5-3-2-4-6-26/h2-14H,15-22H2,1H3. The largest absolute Gasteiger partial charge is 0.465 e. The van der Waals surface area contributed by atoms with Gasteiger partial charge in [-0.25, -0.2) is 4.79 Å². The lowest BCUT2D eigenvalue weighted by molar-refractivity contribution is 0.0325. The first-order valence-corrected chi connectivity index (χ1v) is 11.7. The Hall–Kier alpha value is -3.19. The predicted octanol–water partition coefficient (Wildman–Crippen LogP) is 4.60. The Labute approximate surface area is 201 Å². The van der Waals surface area contributed by atoms with Crippen molar-refractivity contribution in [2.75, 3.05) is 46.5 Å². The first-order chi connectivity index (χ1) is 16.7. The van der Waals surface area contributed by atoms with Crippen LogP contribution in [-0.4, -0.2) is 62.3 Å². The fourth-order valence-corrected chi connectivity index (χ4v) is 3.99. The van der Waals surface area contributed by atoms with Crippen LogP contribution >= 0.6 is 0 Å². The number of hydrogen-bond acceptors (Lipinski definition) is 6. The van der Waals surface area contributed by atoms with Crippen LogP contribution in [0, 0.1) is 0 Å². The molecule has 6 nitrogen and oxygen atoms in total. The summed E-state index contributed by atoms with van der Waals surface area (Å²) < 4.78 is 16.2. The van der Waals surface area contributed by atoms with Gasteiger partial charge in [0.25, 0.3) is 0 Å². The average molecular weight is 461 g/mol. The number of esters is 1. The molecule has 0 radical (unpaired) electrons. The van der Waals surface area contributed by atoms with E-state index < -0.39 is 0 Å². The van der Waals surface area contributed by atoms with Crippen LogP contribution in [0.25, 0.3) is 0 Å². The molecule has 0 bridgehead atoms. The molecule has 0 unspecified atom stereocenters. The summed E-state index contributed by atoms with van der Waals surface area (Å²) in [5.74, 6) is 1.35. The molecule has 0 atom stereocenters. The highest BCUT2D eigenvalue weighted by molar-refractivity contribution is 5.89. The third-order valence-corrected chi connectivity index (χ3v) is 5.93. The molecule has 0 N–H and O–H groups in total. The van der Waals surface area contributed by atoms with Crippen molar-refractivity contribution in [3.05, 3.63) is 95.6 Å². The van der Waals surface area contributed by atoms with E-state index in [-0.39, 0.29) is 5.97 Å². The van der Waals surface area contributed by atoms with Crippen molar-refractivity contribution in [2.45, 2.75) is 13.1 Å². The quantitative estimate of drug-likeness (QED) is 0.412. The predicted molar refractivity (Wildman–Crippen MR) is 132 cm³/mol. The van der Waals surface area contributed by atoms with Gasteiger partial charge < -0.3 is 14.2 Å². The van der Waals surface area contributed by atoms with Gasteiger partial charge >= 0.3 is 5.97 Å². The van der Waals surface area contributed by atoms with E-state index in [2.05, 4.69) is 21.9 Å². The molecule has 3 aromatic rings. The zero-order valence-electron chi connectivity index (χ0n) is 19.7. The van der Waals surface area contributed by atoms with E-state index in [0.717, 1.165) is 64.0 Å². The molecule has 4 rings (SSSR count). The number of methoxy groups -OCH3 is 1. The Morgan fingerprint density at radius 3 is 2.06 bits per heavy atom. The van der Waals surface area contributed by atoms with E-state index >= 15 is 0 Å².